The van der Waals surface area contributed by atoms with Crippen molar-refractivity contribution in [2.75, 3.05) is 30.3 Å². The highest BCUT2D eigenvalue weighted by Crippen LogP contribution is 2.18. The lowest BCUT2D eigenvalue weighted by molar-refractivity contribution is 0.269. The Morgan fingerprint density at radius 2 is 1.50 bits per heavy atom. The lowest BCUT2D eigenvalue weighted by Gasteiger charge is -2.34. The Morgan fingerprint density at radius 1 is 0.929 bits per heavy atom. The van der Waals surface area contributed by atoms with Gasteiger partial charge in [-0.05, 0) is 92.4 Å². The Labute approximate surface area is 178 Å². The Balaban J connectivity index is 1.39. The third-order valence-corrected chi connectivity index (χ3v) is 5.60. The molecule has 148 valence electrons. The van der Waals surface area contributed by atoms with Crippen LogP contribution in [0.25, 0.3) is 0 Å². The molecule has 0 aromatic heterocycles. The molecule has 0 aliphatic carbocycles. The lowest BCUT2D eigenvalue weighted by Crippen LogP contribution is -2.43. The Morgan fingerprint density at radius 3 is 2.07 bits per heavy atom. The standard InChI is InChI=1S/C22H28N4S2/c1-16-5-3-7-19(13-16)24-21(27)23-15-18-9-11-26(12-10-18)22(28)25-20-8-4-6-17(2)14-20/h3-8,13-14,18H,9-12,15H2,1-2H3,(H,25,28)(H2,23,24,27). The van der Waals surface area contributed by atoms with E-state index in [0.717, 1.165) is 49.0 Å². The van der Waals surface area contributed by atoms with Gasteiger partial charge < -0.3 is 20.9 Å². The summed E-state index contributed by atoms with van der Waals surface area (Å²) in [7, 11) is 0. The molecule has 0 radical (unpaired) electrons. The molecule has 0 atom stereocenters. The van der Waals surface area contributed by atoms with E-state index in [9.17, 15) is 0 Å². The van der Waals surface area contributed by atoms with Gasteiger partial charge in [0, 0.05) is 31.0 Å². The number of likely N-dealkylation sites (tertiary alicyclic amines) is 1. The fourth-order valence-electron chi connectivity index (χ4n) is 3.40. The number of hydrogen-bond acceptors (Lipinski definition) is 2. The van der Waals surface area contributed by atoms with Crippen LogP contribution in [-0.4, -0.2) is 34.8 Å². The summed E-state index contributed by atoms with van der Waals surface area (Å²) >= 11 is 11.0. The van der Waals surface area contributed by atoms with Gasteiger partial charge in [0.2, 0.25) is 0 Å². The van der Waals surface area contributed by atoms with Crippen molar-refractivity contribution in [1.29, 1.82) is 0 Å². The minimum absolute atomic E-state index is 0.607. The van der Waals surface area contributed by atoms with Crippen LogP contribution in [0.1, 0.15) is 24.0 Å². The van der Waals surface area contributed by atoms with Crippen molar-refractivity contribution in [3.05, 3.63) is 59.7 Å². The van der Waals surface area contributed by atoms with E-state index in [1.165, 1.54) is 11.1 Å². The first-order valence-corrected chi connectivity index (χ1v) is 10.6. The quantitative estimate of drug-likeness (QED) is 0.633. The first-order chi connectivity index (χ1) is 13.5. The van der Waals surface area contributed by atoms with Gasteiger partial charge in [0.05, 0.1) is 0 Å². The first kappa shape index (κ1) is 20.6. The number of rotatable bonds is 4. The summed E-state index contributed by atoms with van der Waals surface area (Å²) in [6.07, 6.45) is 2.21. The van der Waals surface area contributed by atoms with E-state index in [-0.39, 0.29) is 0 Å². The number of hydrogen-bond donors (Lipinski definition) is 3. The van der Waals surface area contributed by atoms with Crippen molar-refractivity contribution < 1.29 is 0 Å². The molecule has 28 heavy (non-hydrogen) atoms. The lowest BCUT2D eigenvalue weighted by atomic mass is 9.97. The normalized spacial score (nSPS) is 14.4. The Hall–Kier alpha value is -2.18. The molecule has 1 aliphatic heterocycles. The maximum absolute atomic E-state index is 5.60. The molecular formula is C22H28N4S2. The summed E-state index contributed by atoms with van der Waals surface area (Å²) in [5.74, 6) is 0.607. The minimum Gasteiger partial charge on any atom is -0.362 e. The topological polar surface area (TPSA) is 39.3 Å². The largest absolute Gasteiger partial charge is 0.362 e. The van der Waals surface area contributed by atoms with Crippen LogP contribution in [0, 0.1) is 19.8 Å². The van der Waals surface area contributed by atoms with Crippen molar-refractivity contribution >= 4 is 46.0 Å². The third-order valence-electron chi connectivity index (χ3n) is 5.00. The van der Waals surface area contributed by atoms with E-state index in [2.05, 4.69) is 65.0 Å². The molecule has 2 aromatic carbocycles. The van der Waals surface area contributed by atoms with Crippen molar-refractivity contribution in [3.8, 4) is 0 Å². The van der Waals surface area contributed by atoms with Crippen molar-refractivity contribution in [2.24, 2.45) is 5.92 Å². The Bertz CT molecular complexity index is 829. The zero-order valence-corrected chi connectivity index (χ0v) is 18.1. The van der Waals surface area contributed by atoms with E-state index >= 15 is 0 Å². The van der Waals surface area contributed by atoms with E-state index < -0.39 is 0 Å². The number of aryl methyl sites for hydroxylation is 2. The molecule has 3 N–H and O–H groups in total. The van der Waals surface area contributed by atoms with Crippen LogP contribution in [0.5, 0.6) is 0 Å². The Kier molecular flexibility index (Phi) is 7.23. The average molecular weight is 413 g/mol. The molecule has 4 nitrogen and oxygen atoms in total. The SMILES string of the molecule is Cc1cccc(NC(=S)NCC2CCN(C(=S)Nc3cccc(C)c3)CC2)c1. The predicted molar refractivity (Wildman–Crippen MR) is 127 cm³/mol. The molecule has 1 aliphatic rings. The van der Waals surface area contributed by atoms with Gasteiger partial charge in [-0.1, -0.05) is 24.3 Å². The average Bonchev–Trinajstić information content (AvgIpc) is 2.67. The smallest absolute Gasteiger partial charge is 0.173 e. The molecule has 0 spiro atoms. The van der Waals surface area contributed by atoms with Gasteiger partial charge in [-0.3, -0.25) is 0 Å². The van der Waals surface area contributed by atoms with Crippen molar-refractivity contribution in [1.82, 2.24) is 10.2 Å². The second kappa shape index (κ2) is 9.85. The number of nitrogens with one attached hydrogen (secondary N) is 3. The van der Waals surface area contributed by atoms with Crippen LogP contribution in [0.2, 0.25) is 0 Å². The van der Waals surface area contributed by atoms with Gasteiger partial charge in [-0.2, -0.15) is 0 Å². The van der Waals surface area contributed by atoms with Crippen LogP contribution in [0.15, 0.2) is 48.5 Å². The maximum Gasteiger partial charge on any atom is 0.173 e. The van der Waals surface area contributed by atoms with E-state index in [4.69, 9.17) is 24.4 Å². The summed E-state index contributed by atoms with van der Waals surface area (Å²) in [6, 6.07) is 16.5. The van der Waals surface area contributed by atoms with Crippen LogP contribution in [0.4, 0.5) is 11.4 Å². The summed E-state index contributed by atoms with van der Waals surface area (Å²) in [5, 5.41) is 11.5. The second-order valence-corrected chi connectivity index (χ2v) is 8.23. The molecule has 1 heterocycles. The monoisotopic (exact) mass is 412 g/mol. The molecule has 0 unspecified atom stereocenters. The minimum atomic E-state index is 0.607. The van der Waals surface area contributed by atoms with Crippen molar-refractivity contribution in [2.45, 2.75) is 26.7 Å². The number of piperidine rings is 1. The van der Waals surface area contributed by atoms with Crippen LogP contribution in [-0.2, 0) is 0 Å². The van der Waals surface area contributed by atoms with Gasteiger partial charge in [-0.15, -0.1) is 0 Å². The van der Waals surface area contributed by atoms with Gasteiger partial charge in [0.25, 0.3) is 0 Å². The van der Waals surface area contributed by atoms with Gasteiger partial charge in [-0.25, -0.2) is 0 Å². The highest BCUT2D eigenvalue weighted by atomic mass is 32.1. The van der Waals surface area contributed by atoms with E-state index in [0.29, 0.717) is 11.0 Å². The number of thiocarbonyl (C=S) groups is 2. The highest BCUT2D eigenvalue weighted by molar-refractivity contribution is 7.80. The van der Waals surface area contributed by atoms with Crippen LogP contribution < -0.4 is 16.0 Å². The van der Waals surface area contributed by atoms with E-state index in [1.807, 2.05) is 18.2 Å². The molecule has 0 saturated carbocycles. The summed E-state index contributed by atoms with van der Waals surface area (Å²) < 4.78 is 0. The van der Waals surface area contributed by atoms with Gasteiger partial charge in [0.15, 0.2) is 10.2 Å². The fourth-order valence-corrected chi connectivity index (χ4v) is 3.90. The molecule has 0 amide bonds. The number of anilines is 2. The molecule has 3 rings (SSSR count). The molecule has 1 saturated heterocycles. The molecule has 0 bridgehead atoms. The summed E-state index contributed by atoms with van der Waals surface area (Å²) in [6.45, 7) is 7.01. The first-order valence-electron chi connectivity index (χ1n) is 9.74. The van der Waals surface area contributed by atoms with Crippen LogP contribution >= 0.6 is 24.4 Å². The number of benzene rings is 2. The molecule has 6 heteroatoms. The molecule has 2 aromatic rings. The predicted octanol–water partition coefficient (Wildman–Crippen LogP) is 4.70. The summed E-state index contributed by atoms with van der Waals surface area (Å²) in [4.78, 5) is 2.26. The summed E-state index contributed by atoms with van der Waals surface area (Å²) in [5.41, 5.74) is 4.53. The fraction of sp³-hybridized carbons (Fsp3) is 0.364. The second-order valence-electron chi connectivity index (χ2n) is 7.43. The maximum atomic E-state index is 5.60. The zero-order valence-electron chi connectivity index (χ0n) is 16.5. The third kappa shape index (κ3) is 6.17. The highest BCUT2D eigenvalue weighted by Gasteiger charge is 2.21. The van der Waals surface area contributed by atoms with Gasteiger partial charge in [0.1, 0.15) is 0 Å². The van der Waals surface area contributed by atoms with E-state index in [1.54, 1.807) is 0 Å². The zero-order chi connectivity index (χ0) is 19.9. The van der Waals surface area contributed by atoms with Crippen molar-refractivity contribution in [3.63, 3.8) is 0 Å². The van der Waals surface area contributed by atoms with Gasteiger partial charge >= 0.3 is 0 Å². The molecule has 1 fully saturated rings. The van der Waals surface area contributed by atoms with Crippen LogP contribution in [0.3, 0.4) is 0 Å². The molecular weight excluding hydrogens is 384 g/mol. The number of nitrogens with zero attached hydrogens (tertiary/aromatic N) is 1.